The highest BCUT2D eigenvalue weighted by Crippen LogP contribution is 2.25. The van der Waals surface area contributed by atoms with E-state index in [0.29, 0.717) is 16.8 Å². The zero-order valence-electron chi connectivity index (χ0n) is 13.9. The van der Waals surface area contributed by atoms with Gasteiger partial charge in [-0.25, -0.2) is 0 Å². The summed E-state index contributed by atoms with van der Waals surface area (Å²) in [7, 11) is 0. The number of hydrogen-bond acceptors (Lipinski definition) is 3. The molecular formula is C18H21N3O3. The molecule has 2 N–H and O–H groups in total. The third-order valence-electron chi connectivity index (χ3n) is 4.63. The summed E-state index contributed by atoms with van der Waals surface area (Å²) in [4.78, 5) is 23.8. The lowest BCUT2D eigenvalue weighted by Gasteiger charge is -2.20. The maximum Gasteiger partial charge on any atom is 0.313 e. The van der Waals surface area contributed by atoms with Crippen LogP contribution in [0, 0.1) is 0 Å². The molecule has 0 bridgehead atoms. The summed E-state index contributed by atoms with van der Waals surface area (Å²) < 4.78 is 1.90. The van der Waals surface area contributed by atoms with Crippen molar-refractivity contribution < 1.29 is 14.7 Å². The van der Waals surface area contributed by atoms with Crippen molar-refractivity contribution in [1.82, 2.24) is 9.78 Å². The molecule has 24 heavy (non-hydrogen) atoms. The van der Waals surface area contributed by atoms with Crippen LogP contribution in [-0.2, 0) is 23.2 Å². The molecule has 1 aromatic carbocycles. The first-order valence-electron chi connectivity index (χ1n) is 8.09. The second kappa shape index (κ2) is 6.11. The van der Waals surface area contributed by atoms with Crippen LogP contribution in [0.1, 0.15) is 48.3 Å². The zero-order chi connectivity index (χ0) is 17.3. The number of amides is 1. The summed E-state index contributed by atoms with van der Waals surface area (Å²) in [6.45, 7) is 4.17. The third kappa shape index (κ3) is 2.91. The van der Waals surface area contributed by atoms with E-state index in [0.717, 1.165) is 31.5 Å². The van der Waals surface area contributed by atoms with Gasteiger partial charge >= 0.3 is 5.97 Å². The van der Waals surface area contributed by atoms with Crippen molar-refractivity contribution in [2.45, 2.75) is 45.1 Å². The first-order valence-corrected chi connectivity index (χ1v) is 8.09. The molecule has 2 aromatic rings. The van der Waals surface area contributed by atoms with Crippen LogP contribution >= 0.6 is 0 Å². The van der Waals surface area contributed by atoms with E-state index in [-0.39, 0.29) is 5.91 Å². The predicted octanol–water partition coefficient (Wildman–Crippen LogP) is 2.83. The van der Waals surface area contributed by atoms with Gasteiger partial charge in [-0.3, -0.25) is 14.3 Å². The molecule has 0 spiro atoms. The molecule has 1 aliphatic rings. The molecule has 6 heteroatoms. The van der Waals surface area contributed by atoms with Gasteiger partial charge in [0.2, 0.25) is 0 Å². The van der Waals surface area contributed by atoms with E-state index in [4.69, 9.17) is 0 Å². The first-order chi connectivity index (χ1) is 11.4. The molecule has 1 aromatic heterocycles. The summed E-state index contributed by atoms with van der Waals surface area (Å²) in [5.74, 6) is -1.06. The lowest BCUT2D eigenvalue weighted by Crippen LogP contribution is -2.28. The van der Waals surface area contributed by atoms with Crippen LogP contribution < -0.4 is 5.32 Å². The van der Waals surface area contributed by atoms with Gasteiger partial charge in [0.15, 0.2) is 0 Å². The first kappa shape index (κ1) is 16.2. The monoisotopic (exact) mass is 327 g/mol. The molecule has 0 aliphatic carbocycles. The Bertz CT molecular complexity index is 775. The van der Waals surface area contributed by atoms with E-state index in [1.807, 2.05) is 4.68 Å². The SMILES string of the molecule is CC(C)(C(=O)O)c1ccc(NC(=O)c2cnn3c2CCCC3)cc1. The lowest BCUT2D eigenvalue weighted by atomic mass is 9.85. The van der Waals surface area contributed by atoms with Crippen molar-refractivity contribution in [3.05, 3.63) is 47.3 Å². The number of rotatable bonds is 4. The Kier molecular flexibility index (Phi) is 4.13. The Hall–Kier alpha value is -2.63. The van der Waals surface area contributed by atoms with Gasteiger partial charge in [0.05, 0.1) is 22.9 Å². The molecule has 126 valence electrons. The Morgan fingerprint density at radius 1 is 1.21 bits per heavy atom. The van der Waals surface area contributed by atoms with Crippen LogP contribution in [0.4, 0.5) is 5.69 Å². The Morgan fingerprint density at radius 2 is 1.92 bits per heavy atom. The molecule has 3 rings (SSSR count). The summed E-state index contributed by atoms with van der Waals surface area (Å²) in [5, 5.41) is 16.4. The third-order valence-corrected chi connectivity index (χ3v) is 4.63. The minimum absolute atomic E-state index is 0.177. The molecule has 0 atom stereocenters. The molecule has 0 radical (unpaired) electrons. The van der Waals surface area contributed by atoms with E-state index in [9.17, 15) is 14.7 Å². The fraction of sp³-hybridized carbons (Fsp3) is 0.389. The normalized spacial score (nSPS) is 14.1. The summed E-state index contributed by atoms with van der Waals surface area (Å²) in [6.07, 6.45) is 4.66. The minimum atomic E-state index is -0.964. The number of carboxylic acids is 1. The predicted molar refractivity (Wildman–Crippen MR) is 90.2 cm³/mol. The fourth-order valence-electron chi connectivity index (χ4n) is 2.90. The number of fused-ring (bicyclic) bond motifs is 1. The van der Waals surface area contributed by atoms with Gasteiger partial charge in [-0.05, 0) is 50.8 Å². The Balaban J connectivity index is 1.76. The number of aliphatic carboxylic acids is 1. The van der Waals surface area contributed by atoms with E-state index in [1.54, 1.807) is 44.3 Å². The molecule has 6 nitrogen and oxygen atoms in total. The number of anilines is 1. The van der Waals surface area contributed by atoms with Crippen molar-refractivity contribution in [3.63, 3.8) is 0 Å². The van der Waals surface area contributed by atoms with Gasteiger partial charge in [0.25, 0.3) is 5.91 Å². The Morgan fingerprint density at radius 3 is 2.58 bits per heavy atom. The number of aromatic nitrogens is 2. The van der Waals surface area contributed by atoms with Gasteiger partial charge < -0.3 is 10.4 Å². The zero-order valence-corrected chi connectivity index (χ0v) is 13.9. The quantitative estimate of drug-likeness (QED) is 0.904. The van der Waals surface area contributed by atoms with Crippen molar-refractivity contribution >= 4 is 17.6 Å². The fourth-order valence-corrected chi connectivity index (χ4v) is 2.90. The number of hydrogen-bond donors (Lipinski definition) is 2. The summed E-state index contributed by atoms with van der Waals surface area (Å²) in [6, 6.07) is 6.93. The van der Waals surface area contributed by atoms with E-state index < -0.39 is 11.4 Å². The molecular weight excluding hydrogens is 306 g/mol. The van der Waals surface area contributed by atoms with Crippen molar-refractivity contribution in [2.24, 2.45) is 0 Å². The molecule has 0 saturated carbocycles. The van der Waals surface area contributed by atoms with E-state index >= 15 is 0 Å². The number of carboxylic acid groups (broad SMARTS) is 1. The van der Waals surface area contributed by atoms with Gasteiger partial charge in [0.1, 0.15) is 0 Å². The van der Waals surface area contributed by atoms with Crippen LogP contribution in [-0.4, -0.2) is 26.8 Å². The largest absolute Gasteiger partial charge is 0.481 e. The van der Waals surface area contributed by atoms with E-state index in [1.165, 1.54) is 0 Å². The van der Waals surface area contributed by atoms with Gasteiger partial charge in [-0.2, -0.15) is 5.10 Å². The highest BCUT2D eigenvalue weighted by atomic mass is 16.4. The minimum Gasteiger partial charge on any atom is -0.481 e. The van der Waals surface area contributed by atoms with Crippen molar-refractivity contribution in [2.75, 3.05) is 5.32 Å². The van der Waals surface area contributed by atoms with Gasteiger partial charge in [-0.15, -0.1) is 0 Å². The Labute approximate surface area is 140 Å². The number of nitrogens with one attached hydrogen (secondary N) is 1. The average Bonchev–Trinajstić information content (AvgIpc) is 2.99. The number of nitrogens with zero attached hydrogens (tertiary/aromatic N) is 2. The average molecular weight is 327 g/mol. The molecule has 0 saturated heterocycles. The summed E-state index contributed by atoms with van der Waals surface area (Å²) >= 11 is 0. The molecule has 1 aliphatic heterocycles. The lowest BCUT2D eigenvalue weighted by molar-refractivity contribution is -0.142. The number of benzene rings is 1. The number of carbonyl (C=O) groups excluding carboxylic acids is 1. The molecule has 1 amide bonds. The van der Waals surface area contributed by atoms with Gasteiger partial charge in [-0.1, -0.05) is 12.1 Å². The maximum atomic E-state index is 12.5. The van der Waals surface area contributed by atoms with E-state index in [2.05, 4.69) is 10.4 Å². The molecule has 0 fully saturated rings. The van der Waals surface area contributed by atoms with Crippen LogP contribution in [0.3, 0.4) is 0 Å². The van der Waals surface area contributed by atoms with Crippen LogP contribution in [0.2, 0.25) is 0 Å². The summed E-state index contributed by atoms with van der Waals surface area (Å²) in [5.41, 5.74) is 1.97. The number of aryl methyl sites for hydroxylation is 1. The van der Waals surface area contributed by atoms with Gasteiger partial charge in [0, 0.05) is 12.2 Å². The number of carbonyl (C=O) groups is 2. The van der Waals surface area contributed by atoms with Crippen LogP contribution in [0.15, 0.2) is 30.5 Å². The van der Waals surface area contributed by atoms with Crippen molar-refractivity contribution in [3.8, 4) is 0 Å². The second-order valence-electron chi connectivity index (χ2n) is 6.65. The van der Waals surface area contributed by atoms with Crippen LogP contribution in [0.5, 0.6) is 0 Å². The topological polar surface area (TPSA) is 84.2 Å². The standard InChI is InChI=1S/C18H21N3O3/c1-18(2,17(23)24)12-6-8-13(9-7-12)20-16(22)14-11-19-21-10-4-3-5-15(14)21/h6-9,11H,3-5,10H2,1-2H3,(H,20,22)(H,23,24). The molecule has 2 heterocycles. The molecule has 0 unspecified atom stereocenters. The maximum absolute atomic E-state index is 12.5. The van der Waals surface area contributed by atoms with Crippen LogP contribution in [0.25, 0.3) is 0 Å². The second-order valence-corrected chi connectivity index (χ2v) is 6.65. The smallest absolute Gasteiger partial charge is 0.313 e. The highest BCUT2D eigenvalue weighted by molar-refractivity contribution is 6.05. The van der Waals surface area contributed by atoms with Crippen molar-refractivity contribution in [1.29, 1.82) is 0 Å². The highest BCUT2D eigenvalue weighted by Gasteiger charge is 2.29.